The Kier molecular flexibility index (Phi) is 4.28. The van der Waals surface area contributed by atoms with E-state index in [0.29, 0.717) is 21.3 Å². The van der Waals surface area contributed by atoms with Gasteiger partial charge in [0.1, 0.15) is 21.3 Å². The Morgan fingerprint density at radius 2 is 2.17 bits per heavy atom. The quantitative estimate of drug-likeness (QED) is 0.423. The highest BCUT2D eigenvalue weighted by Crippen LogP contribution is 2.29. The van der Waals surface area contributed by atoms with Crippen LogP contribution in [0.15, 0.2) is 24.3 Å². The van der Waals surface area contributed by atoms with Gasteiger partial charge >= 0.3 is 0 Å². The lowest BCUT2D eigenvalue weighted by Gasteiger charge is -2.05. The summed E-state index contributed by atoms with van der Waals surface area (Å²) in [5.74, 6) is 5.56. The van der Waals surface area contributed by atoms with E-state index in [2.05, 4.69) is 20.7 Å². The van der Waals surface area contributed by atoms with Crippen molar-refractivity contribution in [3.8, 4) is 22.1 Å². The van der Waals surface area contributed by atoms with E-state index in [0.717, 1.165) is 17.1 Å². The summed E-state index contributed by atoms with van der Waals surface area (Å²) in [6.45, 7) is 3.65. The molecule has 0 aliphatic rings. The summed E-state index contributed by atoms with van der Waals surface area (Å²) in [5, 5.41) is 9.03. The topological polar surface area (TPSA) is 108 Å². The zero-order valence-electron chi connectivity index (χ0n) is 13.4. The Hall–Kier alpha value is -2.78. The van der Waals surface area contributed by atoms with Crippen LogP contribution in [-0.2, 0) is 0 Å². The van der Waals surface area contributed by atoms with Crippen molar-refractivity contribution in [2.75, 3.05) is 7.11 Å². The maximum absolute atomic E-state index is 11.7. The molecule has 8 nitrogen and oxygen atoms in total. The number of nitrogens with zero attached hydrogens (tertiary/aromatic N) is 4. The lowest BCUT2D eigenvalue weighted by molar-refractivity contribution is 0.0957. The van der Waals surface area contributed by atoms with Crippen LogP contribution in [0, 0.1) is 13.8 Å². The summed E-state index contributed by atoms with van der Waals surface area (Å²) in [5.41, 5.74) is 5.00. The number of carbonyl (C=O) groups is 1. The number of aryl methyl sites for hydroxylation is 1. The van der Waals surface area contributed by atoms with E-state index in [1.165, 1.54) is 11.3 Å². The van der Waals surface area contributed by atoms with E-state index in [9.17, 15) is 4.79 Å². The van der Waals surface area contributed by atoms with Crippen molar-refractivity contribution in [3.63, 3.8) is 0 Å². The molecule has 3 rings (SSSR count). The second-order valence-corrected chi connectivity index (χ2v) is 6.04. The Labute approximate surface area is 142 Å². The van der Waals surface area contributed by atoms with Crippen molar-refractivity contribution >= 4 is 17.2 Å². The van der Waals surface area contributed by atoms with Crippen LogP contribution in [-0.4, -0.2) is 33.0 Å². The van der Waals surface area contributed by atoms with Crippen molar-refractivity contribution < 1.29 is 9.53 Å². The molecule has 1 aromatic carbocycles. The summed E-state index contributed by atoms with van der Waals surface area (Å²) in [7, 11) is 1.61. The Morgan fingerprint density at radius 1 is 1.38 bits per heavy atom. The first-order chi connectivity index (χ1) is 11.5. The second kappa shape index (κ2) is 6.38. The minimum absolute atomic E-state index is 0.367. The molecule has 24 heavy (non-hydrogen) atoms. The average molecular weight is 344 g/mol. The monoisotopic (exact) mass is 344 g/mol. The highest BCUT2D eigenvalue weighted by Gasteiger charge is 2.20. The molecule has 0 saturated carbocycles. The molecular formula is C15H16N6O2S. The number of amides is 1. The number of nitrogens with two attached hydrogens (primary N) is 1. The number of hydrazine groups is 1. The Morgan fingerprint density at radius 3 is 2.88 bits per heavy atom. The molecule has 3 aromatic rings. The van der Waals surface area contributed by atoms with Gasteiger partial charge in [0, 0.05) is 6.07 Å². The van der Waals surface area contributed by atoms with Gasteiger partial charge in [-0.15, -0.1) is 16.4 Å². The van der Waals surface area contributed by atoms with E-state index in [4.69, 9.17) is 10.6 Å². The zero-order valence-corrected chi connectivity index (χ0v) is 14.2. The summed E-state index contributed by atoms with van der Waals surface area (Å²) >= 11 is 1.23. The molecule has 0 bridgehead atoms. The highest BCUT2D eigenvalue weighted by molar-refractivity contribution is 7.17. The third-order valence-electron chi connectivity index (χ3n) is 3.53. The lowest BCUT2D eigenvalue weighted by Crippen LogP contribution is -2.29. The highest BCUT2D eigenvalue weighted by atomic mass is 32.1. The van der Waals surface area contributed by atoms with E-state index < -0.39 is 0 Å². The number of nitrogen functional groups attached to an aromatic ring is 1. The summed E-state index contributed by atoms with van der Waals surface area (Å²) < 4.78 is 6.94. The smallest absolute Gasteiger partial charge is 0.277 e. The van der Waals surface area contributed by atoms with Crippen LogP contribution in [0.1, 0.15) is 21.1 Å². The maximum Gasteiger partial charge on any atom is 0.277 e. The van der Waals surface area contributed by atoms with Gasteiger partial charge in [0.05, 0.1) is 24.2 Å². The predicted octanol–water partition coefficient (Wildman–Crippen LogP) is 1.62. The summed E-state index contributed by atoms with van der Waals surface area (Å²) in [6, 6.07) is 7.52. The fraction of sp³-hybridized carbons (Fsp3) is 0.200. The molecule has 0 radical (unpaired) electrons. The third-order valence-corrected chi connectivity index (χ3v) is 4.69. The number of benzene rings is 1. The van der Waals surface area contributed by atoms with Crippen molar-refractivity contribution in [2.45, 2.75) is 13.8 Å². The maximum atomic E-state index is 11.7. The summed E-state index contributed by atoms with van der Waals surface area (Å²) in [6.07, 6.45) is 0. The zero-order chi connectivity index (χ0) is 17.3. The van der Waals surface area contributed by atoms with E-state index in [1.807, 2.05) is 31.2 Å². The summed E-state index contributed by atoms with van der Waals surface area (Å²) in [4.78, 5) is 16.6. The van der Waals surface area contributed by atoms with E-state index in [-0.39, 0.29) is 5.91 Å². The number of methoxy groups -OCH3 is 1. The number of aromatic nitrogens is 4. The first kappa shape index (κ1) is 16.1. The molecule has 2 aromatic heterocycles. The number of hydrogen-bond acceptors (Lipinski definition) is 7. The average Bonchev–Trinajstić information content (AvgIpc) is 3.17. The van der Waals surface area contributed by atoms with Gasteiger partial charge in [0.15, 0.2) is 0 Å². The minimum Gasteiger partial charge on any atom is -0.497 e. The molecular weight excluding hydrogens is 328 g/mol. The number of thiazole rings is 1. The number of rotatable bonds is 4. The molecule has 0 fully saturated rings. The first-order valence-electron chi connectivity index (χ1n) is 7.10. The molecule has 3 N–H and O–H groups in total. The third kappa shape index (κ3) is 2.74. The van der Waals surface area contributed by atoms with Crippen LogP contribution in [0.2, 0.25) is 0 Å². The molecule has 0 spiro atoms. The van der Waals surface area contributed by atoms with Crippen molar-refractivity contribution in [2.24, 2.45) is 5.84 Å². The van der Waals surface area contributed by atoms with Crippen LogP contribution >= 0.6 is 11.3 Å². The lowest BCUT2D eigenvalue weighted by atomic mass is 10.3. The molecule has 0 saturated heterocycles. The van der Waals surface area contributed by atoms with Crippen LogP contribution in [0.5, 0.6) is 5.75 Å². The van der Waals surface area contributed by atoms with Gasteiger partial charge in [-0.3, -0.25) is 10.2 Å². The van der Waals surface area contributed by atoms with Crippen LogP contribution in [0.4, 0.5) is 0 Å². The molecule has 124 valence electrons. The number of nitrogens with one attached hydrogen (secondary N) is 1. The predicted molar refractivity (Wildman–Crippen MR) is 90.1 cm³/mol. The second-order valence-electron chi connectivity index (χ2n) is 5.04. The van der Waals surface area contributed by atoms with Gasteiger partial charge in [0.25, 0.3) is 5.91 Å². The van der Waals surface area contributed by atoms with Crippen molar-refractivity contribution in [1.29, 1.82) is 0 Å². The van der Waals surface area contributed by atoms with Crippen LogP contribution < -0.4 is 16.0 Å². The van der Waals surface area contributed by atoms with Gasteiger partial charge in [-0.05, 0) is 26.0 Å². The number of hydrogen-bond donors (Lipinski definition) is 2. The number of ether oxygens (including phenoxy) is 1. The Balaban J connectivity index is 2.03. The van der Waals surface area contributed by atoms with Gasteiger partial charge in [0.2, 0.25) is 0 Å². The SMILES string of the molecule is COc1cccc(-n2nnc(-c3nc(C)c(C(=O)NN)s3)c2C)c1. The van der Waals surface area contributed by atoms with Crippen molar-refractivity contribution in [3.05, 3.63) is 40.5 Å². The fourth-order valence-electron chi connectivity index (χ4n) is 2.29. The van der Waals surface area contributed by atoms with Gasteiger partial charge < -0.3 is 4.74 Å². The molecule has 1 amide bonds. The first-order valence-corrected chi connectivity index (χ1v) is 7.92. The van der Waals surface area contributed by atoms with Crippen LogP contribution in [0.25, 0.3) is 16.4 Å². The van der Waals surface area contributed by atoms with Gasteiger partial charge in [-0.1, -0.05) is 11.3 Å². The normalized spacial score (nSPS) is 10.7. The van der Waals surface area contributed by atoms with E-state index in [1.54, 1.807) is 18.7 Å². The van der Waals surface area contributed by atoms with Crippen LogP contribution in [0.3, 0.4) is 0 Å². The largest absolute Gasteiger partial charge is 0.497 e. The molecule has 2 heterocycles. The standard InChI is InChI=1S/C15H16N6O2S/c1-8-13(14(22)18-16)24-15(17-8)12-9(2)21(20-19-12)10-5-4-6-11(7-10)23-3/h4-7H,16H2,1-3H3,(H,18,22). The minimum atomic E-state index is -0.367. The van der Waals surface area contributed by atoms with Gasteiger partial charge in [-0.25, -0.2) is 15.5 Å². The molecule has 0 aliphatic heterocycles. The van der Waals surface area contributed by atoms with E-state index >= 15 is 0 Å². The van der Waals surface area contributed by atoms with Gasteiger partial charge in [-0.2, -0.15) is 0 Å². The molecule has 0 unspecified atom stereocenters. The Bertz CT molecular complexity index is 901. The van der Waals surface area contributed by atoms with Crippen molar-refractivity contribution in [1.82, 2.24) is 25.4 Å². The molecule has 9 heteroatoms. The fourth-order valence-corrected chi connectivity index (χ4v) is 3.29. The number of carbonyl (C=O) groups excluding carboxylic acids is 1. The molecule has 0 aliphatic carbocycles. The molecule has 0 atom stereocenters.